The van der Waals surface area contributed by atoms with Gasteiger partial charge in [0.15, 0.2) is 5.78 Å². The van der Waals surface area contributed by atoms with Crippen molar-refractivity contribution in [1.29, 1.82) is 0 Å². The Kier molecular flexibility index (Phi) is 4.37. The van der Waals surface area contributed by atoms with Crippen LogP contribution in [0.5, 0.6) is 0 Å². The fourth-order valence-electron chi connectivity index (χ4n) is 2.85. The molecule has 1 aromatic heterocycles. The summed E-state index contributed by atoms with van der Waals surface area (Å²) in [5.74, 6) is -0.381. The Hall–Kier alpha value is -2.69. The first-order chi connectivity index (χ1) is 11.1. The molecule has 2 aromatic rings. The van der Waals surface area contributed by atoms with E-state index in [4.69, 9.17) is 0 Å². The van der Waals surface area contributed by atoms with E-state index in [1.54, 1.807) is 6.07 Å². The van der Waals surface area contributed by atoms with Gasteiger partial charge in [-0.2, -0.15) is 0 Å². The van der Waals surface area contributed by atoms with Crippen molar-refractivity contribution in [3.63, 3.8) is 0 Å². The molecule has 0 unspecified atom stereocenters. The number of benzene rings is 1. The van der Waals surface area contributed by atoms with Gasteiger partial charge in [0.2, 0.25) is 5.91 Å². The molecule has 0 radical (unpaired) electrons. The Bertz CT molecular complexity index is 808. The maximum Gasteiger partial charge on any atom is 0.271 e. The minimum Gasteiger partial charge on any atom is -0.327 e. The fourth-order valence-corrected chi connectivity index (χ4v) is 2.85. The van der Waals surface area contributed by atoms with Gasteiger partial charge < -0.3 is 10.3 Å². The van der Waals surface area contributed by atoms with E-state index in [0.717, 1.165) is 19.3 Å². The number of pyridine rings is 1. The van der Waals surface area contributed by atoms with Crippen LogP contribution < -0.4 is 10.9 Å². The maximum atomic E-state index is 12.2. The predicted molar refractivity (Wildman–Crippen MR) is 87.7 cm³/mol. The van der Waals surface area contributed by atoms with E-state index in [2.05, 4.69) is 10.3 Å². The molecule has 0 saturated heterocycles. The van der Waals surface area contributed by atoms with Crippen molar-refractivity contribution in [2.24, 2.45) is 0 Å². The first-order valence-electron chi connectivity index (χ1n) is 7.76. The number of carbonyl (C=O) groups is 2. The Morgan fingerprint density at radius 2 is 1.91 bits per heavy atom. The molecule has 5 heteroatoms. The van der Waals surface area contributed by atoms with Gasteiger partial charge in [-0.25, -0.2) is 0 Å². The van der Waals surface area contributed by atoms with Crippen molar-refractivity contribution < 1.29 is 9.59 Å². The SMILES string of the molecule is O=C(CCC(=O)c1ccc2c(c1)CCC2)Nc1ccc[nH]c1=O. The molecule has 0 saturated carbocycles. The third-order valence-corrected chi connectivity index (χ3v) is 4.09. The molecule has 2 N–H and O–H groups in total. The molecule has 5 nitrogen and oxygen atoms in total. The fraction of sp³-hybridized carbons (Fsp3) is 0.278. The van der Waals surface area contributed by atoms with E-state index in [9.17, 15) is 14.4 Å². The van der Waals surface area contributed by atoms with Crippen LogP contribution in [0, 0.1) is 0 Å². The molecule has 1 aromatic carbocycles. The van der Waals surface area contributed by atoms with E-state index in [-0.39, 0.29) is 35.8 Å². The Morgan fingerprint density at radius 3 is 2.74 bits per heavy atom. The minimum absolute atomic E-state index is 0.0446. The Morgan fingerprint density at radius 1 is 1.09 bits per heavy atom. The largest absolute Gasteiger partial charge is 0.327 e. The van der Waals surface area contributed by atoms with Crippen molar-refractivity contribution in [2.75, 3.05) is 5.32 Å². The normalized spacial score (nSPS) is 12.7. The summed E-state index contributed by atoms with van der Waals surface area (Å²) >= 11 is 0. The van der Waals surface area contributed by atoms with E-state index >= 15 is 0 Å². The van der Waals surface area contributed by atoms with Gasteiger partial charge >= 0.3 is 0 Å². The maximum absolute atomic E-state index is 12.2. The highest BCUT2D eigenvalue weighted by Gasteiger charge is 2.15. The number of hydrogen-bond donors (Lipinski definition) is 2. The number of nitrogens with one attached hydrogen (secondary N) is 2. The molecule has 1 aliphatic rings. The van der Waals surface area contributed by atoms with Crippen LogP contribution in [0.15, 0.2) is 41.3 Å². The number of fused-ring (bicyclic) bond motifs is 1. The summed E-state index contributed by atoms with van der Waals surface area (Å²) < 4.78 is 0. The molecule has 1 heterocycles. The van der Waals surface area contributed by atoms with E-state index in [1.807, 2.05) is 18.2 Å². The van der Waals surface area contributed by atoms with Crippen LogP contribution in [-0.4, -0.2) is 16.7 Å². The van der Waals surface area contributed by atoms with Crippen molar-refractivity contribution in [1.82, 2.24) is 4.98 Å². The summed E-state index contributed by atoms with van der Waals surface area (Å²) in [6.07, 6.45) is 4.93. The number of H-pyrrole nitrogens is 1. The zero-order valence-electron chi connectivity index (χ0n) is 12.7. The van der Waals surface area contributed by atoms with Crippen LogP contribution in [-0.2, 0) is 17.6 Å². The van der Waals surface area contributed by atoms with Crippen molar-refractivity contribution in [3.05, 3.63) is 63.6 Å². The number of ketones is 1. The standard InChI is InChI=1S/C18H18N2O3/c21-16(14-7-6-12-3-1-4-13(12)11-14)8-9-17(22)20-15-5-2-10-19-18(15)23/h2,5-7,10-11H,1,3-4,8-9H2,(H,19,23)(H,20,22). The Labute approximate surface area is 133 Å². The highest BCUT2D eigenvalue weighted by atomic mass is 16.2. The number of hydrogen-bond acceptors (Lipinski definition) is 3. The number of aromatic amines is 1. The average molecular weight is 310 g/mol. The lowest BCUT2D eigenvalue weighted by molar-refractivity contribution is -0.116. The molecule has 23 heavy (non-hydrogen) atoms. The molecule has 0 bridgehead atoms. The van der Waals surface area contributed by atoms with E-state index in [0.29, 0.717) is 5.56 Å². The number of Topliss-reactive ketones (excluding diaryl/α,β-unsaturated/α-hetero) is 1. The molecule has 3 rings (SSSR count). The molecule has 1 aliphatic carbocycles. The zero-order valence-corrected chi connectivity index (χ0v) is 12.7. The molecule has 1 amide bonds. The van der Waals surface area contributed by atoms with Gasteiger partial charge in [0.05, 0.1) is 0 Å². The van der Waals surface area contributed by atoms with Gasteiger partial charge in [0.1, 0.15) is 5.69 Å². The summed E-state index contributed by atoms with van der Waals surface area (Å²) in [4.78, 5) is 38.1. The van der Waals surface area contributed by atoms with Gasteiger partial charge in [-0.15, -0.1) is 0 Å². The lowest BCUT2D eigenvalue weighted by Gasteiger charge is -2.05. The molecule has 118 valence electrons. The second kappa shape index (κ2) is 6.60. The zero-order chi connectivity index (χ0) is 16.2. The van der Waals surface area contributed by atoms with Crippen LogP contribution in [0.25, 0.3) is 0 Å². The second-order valence-corrected chi connectivity index (χ2v) is 5.72. The Balaban J connectivity index is 1.57. The summed E-state index contributed by atoms with van der Waals surface area (Å²) in [7, 11) is 0. The highest BCUT2D eigenvalue weighted by Crippen LogP contribution is 2.23. The van der Waals surface area contributed by atoms with Gasteiger partial charge in [0, 0.05) is 24.6 Å². The third kappa shape index (κ3) is 3.56. The smallest absolute Gasteiger partial charge is 0.271 e. The van der Waals surface area contributed by atoms with Crippen molar-refractivity contribution >= 4 is 17.4 Å². The minimum atomic E-state index is -0.356. The summed E-state index contributed by atoms with van der Waals surface area (Å²) in [5, 5.41) is 2.52. The quantitative estimate of drug-likeness (QED) is 0.833. The van der Waals surface area contributed by atoms with Crippen LogP contribution in [0.1, 0.15) is 40.7 Å². The van der Waals surface area contributed by atoms with Crippen LogP contribution >= 0.6 is 0 Å². The average Bonchev–Trinajstić information content (AvgIpc) is 3.02. The van der Waals surface area contributed by atoms with Crippen LogP contribution in [0.4, 0.5) is 5.69 Å². The lowest BCUT2D eigenvalue weighted by atomic mass is 10.0. The van der Waals surface area contributed by atoms with Gasteiger partial charge in [-0.1, -0.05) is 12.1 Å². The van der Waals surface area contributed by atoms with E-state index < -0.39 is 0 Å². The number of carbonyl (C=O) groups excluding carboxylic acids is 2. The van der Waals surface area contributed by atoms with Crippen molar-refractivity contribution in [2.45, 2.75) is 32.1 Å². The summed E-state index contributed by atoms with van der Waals surface area (Å²) in [5.41, 5.74) is 3.07. The molecule has 0 aliphatic heterocycles. The van der Waals surface area contributed by atoms with Gasteiger partial charge in [-0.05, 0) is 48.6 Å². The van der Waals surface area contributed by atoms with Crippen molar-refractivity contribution in [3.8, 4) is 0 Å². The van der Waals surface area contributed by atoms with Gasteiger partial charge in [0.25, 0.3) is 5.56 Å². The van der Waals surface area contributed by atoms with Gasteiger partial charge in [-0.3, -0.25) is 14.4 Å². The summed E-state index contributed by atoms with van der Waals surface area (Å²) in [6, 6.07) is 8.96. The first-order valence-corrected chi connectivity index (χ1v) is 7.76. The van der Waals surface area contributed by atoms with E-state index in [1.165, 1.54) is 23.4 Å². The highest BCUT2D eigenvalue weighted by molar-refractivity contribution is 6.00. The monoisotopic (exact) mass is 310 g/mol. The lowest BCUT2D eigenvalue weighted by Crippen LogP contribution is -2.19. The predicted octanol–water partition coefficient (Wildman–Crippen LogP) is 2.47. The number of aryl methyl sites for hydroxylation is 2. The molecule has 0 spiro atoms. The number of aromatic nitrogens is 1. The van der Waals surface area contributed by atoms with Crippen LogP contribution in [0.3, 0.4) is 0 Å². The topological polar surface area (TPSA) is 79.0 Å². The number of rotatable bonds is 5. The molecule has 0 fully saturated rings. The number of amides is 1. The molecule has 0 atom stereocenters. The molecular weight excluding hydrogens is 292 g/mol. The third-order valence-electron chi connectivity index (χ3n) is 4.09. The second-order valence-electron chi connectivity index (χ2n) is 5.72. The molecular formula is C18H18N2O3. The summed E-state index contributed by atoms with van der Waals surface area (Å²) in [6.45, 7) is 0. The number of anilines is 1. The first kappa shape index (κ1) is 15.2. The van der Waals surface area contributed by atoms with Crippen LogP contribution in [0.2, 0.25) is 0 Å².